The molecule has 0 amide bonds. The molecule has 0 saturated carbocycles. The first kappa shape index (κ1) is 20.2. The fourth-order valence-electron chi connectivity index (χ4n) is 4.83. The average molecular weight is 419 g/mol. The number of aryl methyl sites for hydroxylation is 2. The van der Waals surface area contributed by atoms with Gasteiger partial charge in [-0.2, -0.15) is 0 Å². The van der Waals surface area contributed by atoms with Gasteiger partial charge in [-0.05, 0) is 81.3 Å². The first-order valence-electron chi connectivity index (χ1n) is 10.6. The molecule has 1 N–H and O–H groups in total. The van der Waals surface area contributed by atoms with Gasteiger partial charge in [0.2, 0.25) is 0 Å². The summed E-state index contributed by atoms with van der Waals surface area (Å²) in [4.78, 5) is 7.82. The van der Waals surface area contributed by atoms with Gasteiger partial charge in [0, 0.05) is 52.7 Å². The van der Waals surface area contributed by atoms with Crippen LogP contribution in [-0.4, -0.2) is 42.2 Å². The first-order chi connectivity index (χ1) is 13.5. The van der Waals surface area contributed by atoms with Crippen LogP contribution in [0, 0.1) is 6.92 Å². The van der Waals surface area contributed by atoms with Crippen molar-refractivity contribution >= 4 is 28.6 Å². The van der Waals surface area contributed by atoms with E-state index in [4.69, 9.17) is 11.6 Å². The van der Waals surface area contributed by atoms with E-state index in [2.05, 4.69) is 35.8 Å². The molecule has 2 heterocycles. The minimum atomic E-state index is -0.331. The lowest BCUT2D eigenvalue weighted by molar-refractivity contribution is 0.104. The van der Waals surface area contributed by atoms with Gasteiger partial charge in [0.15, 0.2) is 0 Å². The largest absolute Gasteiger partial charge is 0.388 e. The summed E-state index contributed by atoms with van der Waals surface area (Å²) in [6.45, 7) is 8.59. The van der Waals surface area contributed by atoms with Gasteiger partial charge in [-0.25, -0.2) is 0 Å². The third-order valence-corrected chi connectivity index (χ3v) is 7.90. The molecular weight excluding hydrogens is 388 g/mol. The van der Waals surface area contributed by atoms with Crippen LogP contribution in [0.5, 0.6) is 0 Å². The molecule has 3 nitrogen and oxygen atoms in total. The first-order valence-corrected chi connectivity index (χ1v) is 11.8. The van der Waals surface area contributed by atoms with Crippen LogP contribution in [0.4, 0.5) is 5.69 Å². The number of aliphatic hydroxyl groups is 1. The molecule has 2 aromatic rings. The average Bonchev–Trinajstić information content (AvgIpc) is 3.04. The Bertz CT molecular complexity index is 796. The Hall–Kier alpha value is -1.07. The van der Waals surface area contributed by atoms with Gasteiger partial charge >= 0.3 is 0 Å². The minimum absolute atomic E-state index is 0.331. The van der Waals surface area contributed by atoms with Crippen molar-refractivity contribution in [3.63, 3.8) is 0 Å². The summed E-state index contributed by atoms with van der Waals surface area (Å²) in [5, 5.41) is 11.8. The number of hydrogen-bond acceptors (Lipinski definition) is 4. The molecule has 1 fully saturated rings. The van der Waals surface area contributed by atoms with Crippen LogP contribution in [0.15, 0.2) is 24.3 Å². The molecule has 2 aliphatic rings. The van der Waals surface area contributed by atoms with Crippen LogP contribution in [-0.2, 0) is 12.8 Å². The number of halogens is 1. The maximum Gasteiger partial charge on any atom is 0.0818 e. The molecule has 1 aromatic heterocycles. The van der Waals surface area contributed by atoms with Gasteiger partial charge in [0.05, 0.1) is 6.10 Å². The monoisotopic (exact) mass is 418 g/mol. The van der Waals surface area contributed by atoms with Crippen LogP contribution < -0.4 is 4.90 Å². The highest BCUT2D eigenvalue weighted by Gasteiger charge is 2.27. The van der Waals surface area contributed by atoms with E-state index >= 15 is 0 Å². The van der Waals surface area contributed by atoms with Gasteiger partial charge in [0.25, 0.3) is 0 Å². The Balaban J connectivity index is 1.35. The lowest BCUT2D eigenvalue weighted by atomic mass is 9.90. The fourth-order valence-corrected chi connectivity index (χ4v) is 6.27. The van der Waals surface area contributed by atoms with Crippen molar-refractivity contribution in [2.75, 3.05) is 31.1 Å². The number of anilines is 1. The number of nitrogens with zero attached hydrogens (tertiary/aromatic N) is 2. The molecule has 2 atom stereocenters. The van der Waals surface area contributed by atoms with Crippen LogP contribution in [0.2, 0.25) is 5.02 Å². The Labute approximate surface area is 177 Å². The van der Waals surface area contributed by atoms with Crippen LogP contribution >= 0.6 is 22.9 Å². The van der Waals surface area contributed by atoms with Gasteiger partial charge in [-0.3, -0.25) is 4.90 Å². The lowest BCUT2D eigenvalue weighted by Crippen LogP contribution is -2.50. The number of benzene rings is 1. The van der Waals surface area contributed by atoms with Crippen molar-refractivity contribution in [3.8, 4) is 0 Å². The second kappa shape index (κ2) is 8.74. The van der Waals surface area contributed by atoms with E-state index < -0.39 is 0 Å². The van der Waals surface area contributed by atoms with Crippen molar-refractivity contribution in [2.45, 2.75) is 58.1 Å². The molecule has 5 heteroatoms. The fraction of sp³-hybridized carbons (Fsp3) is 0.565. The predicted octanol–water partition coefficient (Wildman–Crippen LogP) is 5.22. The molecule has 1 saturated heterocycles. The van der Waals surface area contributed by atoms with E-state index in [0.29, 0.717) is 6.04 Å². The van der Waals surface area contributed by atoms with E-state index in [1.54, 1.807) is 0 Å². The number of hydrogen-bond donors (Lipinski definition) is 1. The summed E-state index contributed by atoms with van der Waals surface area (Å²) in [7, 11) is 0. The van der Waals surface area contributed by atoms with Crippen molar-refractivity contribution < 1.29 is 5.11 Å². The zero-order valence-corrected chi connectivity index (χ0v) is 18.5. The Morgan fingerprint density at radius 3 is 2.46 bits per heavy atom. The van der Waals surface area contributed by atoms with Crippen molar-refractivity contribution in [3.05, 3.63) is 50.2 Å². The summed E-state index contributed by atoms with van der Waals surface area (Å²) in [6, 6.07) is 8.53. The Morgan fingerprint density at radius 1 is 1.07 bits per heavy atom. The SMILES string of the molecule is Cc1sc2c(c1C(O)CC(C)N1CCN(c3ccc(Cl)cc3)CC1)CCCC2. The topological polar surface area (TPSA) is 26.7 Å². The Kier molecular flexibility index (Phi) is 6.31. The van der Waals surface area contributed by atoms with Gasteiger partial charge in [-0.1, -0.05) is 11.6 Å². The lowest BCUT2D eigenvalue weighted by Gasteiger charge is -2.39. The third-order valence-electron chi connectivity index (χ3n) is 6.42. The maximum absolute atomic E-state index is 11.1. The Morgan fingerprint density at radius 2 is 1.75 bits per heavy atom. The molecule has 28 heavy (non-hydrogen) atoms. The number of piperazine rings is 1. The molecular formula is C23H31ClN2OS. The quantitative estimate of drug-likeness (QED) is 0.720. The van der Waals surface area contributed by atoms with E-state index in [-0.39, 0.29) is 6.10 Å². The number of rotatable bonds is 5. The summed E-state index contributed by atoms with van der Waals surface area (Å²) < 4.78 is 0. The minimum Gasteiger partial charge on any atom is -0.388 e. The summed E-state index contributed by atoms with van der Waals surface area (Å²) in [5.41, 5.74) is 3.98. The highest BCUT2D eigenvalue weighted by Crippen LogP contribution is 2.39. The molecule has 0 radical (unpaired) electrons. The second-order valence-corrected chi connectivity index (χ2v) is 10.0. The van der Waals surface area contributed by atoms with E-state index in [1.165, 1.54) is 45.8 Å². The van der Waals surface area contributed by atoms with Gasteiger partial charge in [0.1, 0.15) is 0 Å². The highest BCUT2D eigenvalue weighted by atomic mass is 35.5. The van der Waals surface area contributed by atoms with E-state index in [0.717, 1.165) is 44.0 Å². The van der Waals surface area contributed by atoms with E-state index in [9.17, 15) is 5.11 Å². The molecule has 4 rings (SSSR count). The second-order valence-electron chi connectivity index (χ2n) is 8.28. The summed E-state index contributed by atoms with van der Waals surface area (Å²) in [5.74, 6) is 0. The van der Waals surface area contributed by atoms with Crippen LogP contribution in [0.3, 0.4) is 0 Å². The highest BCUT2D eigenvalue weighted by molar-refractivity contribution is 7.12. The maximum atomic E-state index is 11.1. The molecule has 0 bridgehead atoms. The van der Waals surface area contributed by atoms with Crippen molar-refractivity contribution in [2.24, 2.45) is 0 Å². The molecule has 1 aromatic carbocycles. The zero-order valence-electron chi connectivity index (χ0n) is 17.0. The van der Waals surface area contributed by atoms with Gasteiger partial charge in [-0.15, -0.1) is 11.3 Å². The van der Waals surface area contributed by atoms with E-state index in [1.807, 2.05) is 23.5 Å². The molecule has 2 unspecified atom stereocenters. The number of fused-ring (bicyclic) bond motifs is 1. The molecule has 0 spiro atoms. The molecule has 1 aliphatic heterocycles. The summed E-state index contributed by atoms with van der Waals surface area (Å²) in [6.07, 6.45) is 5.42. The molecule has 152 valence electrons. The van der Waals surface area contributed by atoms with Crippen LogP contribution in [0.1, 0.15) is 53.2 Å². The van der Waals surface area contributed by atoms with Crippen molar-refractivity contribution in [1.29, 1.82) is 0 Å². The smallest absolute Gasteiger partial charge is 0.0818 e. The van der Waals surface area contributed by atoms with Gasteiger partial charge < -0.3 is 10.0 Å². The summed E-state index contributed by atoms with van der Waals surface area (Å²) >= 11 is 7.93. The predicted molar refractivity (Wildman–Crippen MR) is 120 cm³/mol. The standard InChI is InChI=1S/C23H31ClN2OS/c1-16(15-21(27)23-17(2)28-22-6-4-3-5-20(22)23)25-11-13-26(14-12-25)19-9-7-18(24)8-10-19/h7-10,16,21,27H,3-6,11-15H2,1-2H3. The molecule has 1 aliphatic carbocycles. The number of aliphatic hydroxyl groups excluding tert-OH is 1. The zero-order chi connectivity index (χ0) is 19.7. The van der Waals surface area contributed by atoms with Crippen LogP contribution in [0.25, 0.3) is 0 Å². The normalized spacial score (nSPS) is 20.1. The number of thiophene rings is 1. The van der Waals surface area contributed by atoms with Crippen molar-refractivity contribution in [1.82, 2.24) is 4.90 Å². The third kappa shape index (κ3) is 4.25.